The van der Waals surface area contributed by atoms with Gasteiger partial charge in [-0.15, -0.1) is 0 Å². The van der Waals surface area contributed by atoms with Gasteiger partial charge in [0.15, 0.2) is 0 Å². The van der Waals surface area contributed by atoms with Crippen molar-refractivity contribution < 1.29 is 0 Å². The average molecular weight is 272 g/mol. The van der Waals surface area contributed by atoms with E-state index in [2.05, 4.69) is 48.5 Å². The molecular weight excluding hydrogens is 244 g/mol. The predicted octanol–water partition coefficient (Wildman–Crippen LogP) is 3.95. The molecule has 0 unspecified atom stereocenters. The summed E-state index contributed by atoms with van der Waals surface area (Å²) in [4.78, 5) is 2.54. The normalized spacial score (nSPS) is 26.5. The van der Waals surface area contributed by atoms with Crippen molar-refractivity contribution in [3.05, 3.63) is 29.8 Å². The van der Waals surface area contributed by atoms with Gasteiger partial charge in [-0.05, 0) is 56.1 Å². The smallest absolute Gasteiger partial charge is 0.0411 e. The van der Waals surface area contributed by atoms with E-state index >= 15 is 0 Å². The maximum atomic E-state index is 3.65. The summed E-state index contributed by atoms with van der Waals surface area (Å²) in [5, 5.41) is 3.65. The zero-order valence-corrected chi connectivity index (χ0v) is 12.9. The standard InChI is InChI=1S/C18H28N2/c1-14-7-11-17(12-8-14)20(2)18-6-4-3-5-15(18)13-19-16-9-10-16/h3-6,14,16-17,19H,7-13H2,1-2H3. The van der Waals surface area contributed by atoms with Crippen molar-refractivity contribution in [3.8, 4) is 0 Å². The maximum Gasteiger partial charge on any atom is 0.0411 e. The zero-order valence-electron chi connectivity index (χ0n) is 12.9. The summed E-state index contributed by atoms with van der Waals surface area (Å²) in [7, 11) is 2.29. The van der Waals surface area contributed by atoms with E-state index in [1.165, 1.54) is 49.8 Å². The monoisotopic (exact) mass is 272 g/mol. The van der Waals surface area contributed by atoms with Gasteiger partial charge in [0.25, 0.3) is 0 Å². The lowest BCUT2D eigenvalue weighted by Crippen LogP contribution is -2.35. The summed E-state index contributed by atoms with van der Waals surface area (Å²) in [6, 6.07) is 10.4. The van der Waals surface area contributed by atoms with Gasteiger partial charge < -0.3 is 10.2 Å². The van der Waals surface area contributed by atoms with Gasteiger partial charge in [0, 0.05) is 31.4 Å². The highest BCUT2D eigenvalue weighted by Crippen LogP contribution is 2.31. The van der Waals surface area contributed by atoms with Gasteiger partial charge in [-0.1, -0.05) is 25.1 Å². The fraction of sp³-hybridized carbons (Fsp3) is 0.667. The summed E-state index contributed by atoms with van der Waals surface area (Å²) in [5.41, 5.74) is 2.89. The fourth-order valence-electron chi connectivity index (χ4n) is 3.37. The molecule has 0 aromatic heterocycles. The van der Waals surface area contributed by atoms with Crippen LogP contribution in [0.5, 0.6) is 0 Å². The highest BCUT2D eigenvalue weighted by atomic mass is 15.1. The summed E-state index contributed by atoms with van der Waals surface area (Å²) in [6.07, 6.45) is 8.19. The molecule has 110 valence electrons. The molecule has 2 aliphatic carbocycles. The van der Waals surface area contributed by atoms with Crippen LogP contribution in [0.2, 0.25) is 0 Å². The van der Waals surface area contributed by atoms with E-state index in [-0.39, 0.29) is 0 Å². The predicted molar refractivity (Wildman–Crippen MR) is 86.1 cm³/mol. The highest BCUT2D eigenvalue weighted by molar-refractivity contribution is 5.54. The molecule has 1 aromatic rings. The second-order valence-electron chi connectivity index (χ2n) is 6.81. The minimum Gasteiger partial charge on any atom is -0.371 e. The third-order valence-corrected chi connectivity index (χ3v) is 5.06. The van der Waals surface area contributed by atoms with Crippen molar-refractivity contribution in [3.63, 3.8) is 0 Å². The van der Waals surface area contributed by atoms with Gasteiger partial charge in [-0.3, -0.25) is 0 Å². The Bertz CT molecular complexity index is 431. The van der Waals surface area contributed by atoms with Crippen LogP contribution in [-0.4, -0.2) is 19.1 Å². The van der Waals surface area contributed by atoms with Crippen molar-refractivity contribution in [2.75, 3.05) is 11.9 Å². The number of anilines is 1. The maximum absolute atomic E-state index is 3.65. The highest BCUT2D eigenvalue weighted by Gasteiger charge is 2.24. The van der Waals surface area contributed by atoms with Crippen molar-refractivity contribution >= 4 is 5.69 Å². The summed E-state index contributed by atoms with van der Waals surface area (Å²) in [6.45, 7) is 3.41. The van der Waals surface area contributed by atoms with Gasteiger partial charge in [-0.2, -0.15) is 0 Å². The van der Waals surface area contributed by atoms with E-state index in [0.717, 1.165) is 24.5 Å². The SMILES string of the molecule is CC1CCC(N(C)c2ccccc2CNC2CC2)CC1. The van der Waals surface area contributed by atoms with E-state index in [0.29, 0.717) is 0 Å². The number of benzene rings is 1. The Morgan fingerprint density at radius 2 is 1.75 bits per heavy atom. The second kappa shape index (κ2) is 6.17. The lowest BCUT2D eigenvalue weighted by Gasteiger charge is -2.36. The number of para-hydroxylation sites is 1. The van der Waals surface area contributed by atoms with Gasteiger partial charge in [0.05, 0.1) is 0 Å². The van der Waals surface area contributed by atoms with Crippen molar-refractivity contribution in [2.45, 2.75) is 64.1 Å². The Kier molecular flexibility index (Phi) is 4.30. The Balaban J connectivity index is 1.67. The number of hydrogen-bond acceptors (Lipinski definition) is 2. The largest absolute Gasteiger partial charge is 0.371 e. The van der Waals surface area contributed by atoms with Crippen molar-refractivity contribution in [1.29, 1.82) is 0 Å². The number of nitrogens with one attached hydrogen (secondary N) is 1. The first-order chi connectivity index (χ1) is 9.74. The lowest BCUT2D eigenvalue weighted by atomic mass is 9.86. The Morgan fingerprint density at radius 1 is 1.05 bits per heavy atom. The van der Waals surface area contributed by atoms with Gasteiger partial charge in [0.2, 0.25) is 0 Å². The van der Waals surface area contributed by atoms with Crippen LogP contribution < -0.4 is 10.2 Å². The summed E-state index contributed by atoms with van der Waals surface area (Å²) in [5.74, 6) is 0.923. The van der Waals surface area contributed by atoms with Crippen LogP contribution in [0.15, 0.2) is 24.3 Å². The quantitative estimate of drug-likeness (QED) is 0.873. The minimum absolute atomic E-state index is 0.730. The van der Waals surface area contributed by atoms with Crippen LogP contribution in [0.4, 0.5) is 5.69 Å². The van der Waals surface area contributed by atoms with Crippen LogP contribution >= 0.6 is 0 Å². The number of hydrogen-bond donors (Lipinski definition) is 1. The van der Waals surface area contributed by atoms with E-state index in [1.807, 2.05) is 0 Å². The fourth-order valence-corrected chi connectivity index (χ4v) is 3.37. The molecule has 1 aromatic carbocycles. The van der Waals surface area contributed by atoms with E-state index in [9.17, 15) is 0 Å². The van der Waals surface area contributed by atoms with Crippen LogP contribution in [-0.2, 0) is 6.54 Å². The molecule has 20 heavy (non-hydrogen) atoms. The van der Waals surface area contributed by atoms with Crippen LogP contribution in [0.3, 0.4) is 0 Å². The molecule has 0 aliphatic heterocycles. The van der Waals surface area contributed by atoms with Crippen LogP contribution in [0, 0.1) is 5.92 Å². The molecule has 0 spiro atoms. The summed E-state index contributed by atoms with van der Waals surface area (Å²) >= 11 is 0. The first-order valence-electron chi connectivity index (χ1n) is 8.28. The summed E-state index contributed by atoms with van der Waals surface area (Å²) < 4.78 is 0. The molecule has 0 bridgehead atoms. The first-order valence-corrected chi connectivity index (χ1v) is 8.28. The number of nitrogens with zero attached hydrogens (tertiary/aromatic N) is 1. The molecule has 0 heterocycles. The molecule has 0 atom stereocenters. The Morgan fingerprint density at radius 3 is 2.45 bits per heavy atom. The van der Waals surface area contributed by atoms with Gasteiger partial charge in [0.1, 0.15) is 0 Å². The average Bonchev–Trinajstić information content (AvgIpc) is 3.30. The van der Waals surface area contributed by atoms with Crippen LogP contribution in [0.1, 0.15) is 51.0 Å². The third kappa shape index (κ3) is 3.35. The molecule has 0 saturated heterocycles. The molecule has 2 nitrogen and oxygen atoms in total. The van der Waals surface area contributed by atoms with E-state index in [1.54, 1.807) is 0 Å². The molecule has 0 radical (unpaired) electrons. The molecule has 3 rings (SSSR count). The first kappa shape index (κ1) is 13.9. The van der Waals surface area contributed by atoms with Crippen molar-refractivity contribution in [1.82, 2.24) is 5.32 Å². The van der Waals surface area contributed by atoms with Gasteiger partial charge in [-0.25, -0.2) is 0 Å². The second-order valence-corrected chi connectivity index (χ2v) is 6.81. The topological polar surface area (TPSA) is 15.3 Å². The van der Waals surface area contributed by atoms with Crippen LogP contribution in [0.25, 0.3) is 0 Å². The zero-order chi connectivity index (χ0) is 13.9. The van der Waals surface area contributed by atoms with Crippen molar-refractivity contribution in [2.24, 2.45) is 5.92 Å². The van der Waals surface area contributed by atoms with E-state index < -0.39 is 0 Å². The Labute approximate surface area is 123 Å². The molecule has 1 N–H and O–H groups in total. The molecule has 2 aliphatic rings. The molecule has 0 amide bonds. The lowest BCUT2D eigenvalue weighted by molar-refractivity contribution is 0.340. The van der Waals surface area contributed by atoms with Gasteiger partial charge >= 0.3 is 0 Å². The molecule has 2 heteroatoms. The third-order valence-electron chi connectivity index (χ3n) is 5.06. The van der Waals surface area contributed by atoms with E-state index in [4.69, 9.17) is 0 Å². The number of rotatable bonds is 5. The molecule has 2 fully saturated rings. The minimum atomic E-state index is 0.730. The molecular formula is C18H28N2. The Hall–Kier alpha value is -1.02. The molecule has 2 saturated carbocycles.